The molecule has 0 spiro atoms. The van der Waals surface area contributed by atoms with Gasteiger partial charge in [0, 0.05) is 24.6 Å². The van der Waals surface area contributed by atoms with Crippen LogP contribution in [0.1, 0.15) is 29.5 Å². The molecule has 1 fully saturated rings. The first kappa shape index (κ1) is 18.4. The van der Waals surface area contributed by atoms with Crippen molar-refractivity contribution in [2.75, 3.05) is 27.2 Å². The fraction of sp³-hybridized carbons (Fsp3) is 0.588. The summed E-state index contributed by atoms with van der Waals surface area (Å²) >= 11 is 3.58. The Balaban J connectivity index is 2.09. The highest BCUT2D eigenvalue weighted by atomic mass is 79.9. The van der Waals surface area contributed by atoms with Gasteiger partial charge in [-0.15, -0.1) is 0 Å². The number of aryl methyl sites for hydroxylation is 2. The minimum absolute atomic E-state index is 0.0472. The lowest BCUT2D eigenvalue weighted by Gasteiger charge is -2.44. The van der Waals surface area contributed by atoms with E-state index in [1.807, 2.05) is 32.0 Å². The highest BCUT2D eigenvalue weighted by molar-refractivity contribution is 9.10. The zero-order valence-corrected chi connectivity index (χ0v) is 15.9. The lowest BCUT2D eigenvalue weighted by molar-refractivity contribution is -0.166. The number of nitrogens with two attached hydrogens (primary N) is 1. The zero-order valence-electron chi connectivity index (χ0n) is 14.4. The van der Waals surface area contributed by atoms with Crippen LogP contribution in [-0.2, 0) is 16.1 Å². The SMILES string of the molecule is CON1CCC(N)(N(C)C(=O)Cc2c(C)cc(C)cc2Br)CC1. The number of hydrogen-bond donors (Lipinski definition) is 1. The van der Waals surface area contributed by atoms with E-state index >= 15 is 0 Å². The molecule has 0 atom stereocenters. The van der Waals surface area contributed by atoms with E-state index in [4.69, 9.17) is 10.6 Å². The fourth-order valence-corrected chi connectivity index (χ4v) is 3.89. The molecule has 1 aromatic carbocycles. The molecular formula is C17H26BrN3O2. The number of halogens is 1. The van der Waals surface area contributed by atoms with Gasteiger partial charge in [-0.3, -0.25) is 4.79 Å². The van der Waals surface area contributed by atoms with Crippen LogP contribution in [0.5, 0.6) is 0 Å². The molecule has 0 unspecified atom stereocenters. The highest BCUT2D eigenvalue weighted by Crippen LogP contribution is 2.27. The van der Waals surface area contributed by atoms with Crippen molar-refractivity contribution in [2.45, 2.75) is 38.8 Å². The molecule has 0 saturated carbocycles. The Morgan fingerprint density at radius 1 is 1.39 bits per heavy atom. The van der Waals surface area contributed by atoms with Crippen molar-refractivity contribution < 1.29 is 9.63 Å². The molecule has 2 N–H and O–H groups in total. The number of benzene rings is 1. The molecule has 0 bridgehead atoms. The van der Waals surface area contributed by atoms with E-state index in [0.29, 0.717) is 19.3 Å². The summed E-state index contributed by atoms with van der Waals surface area (Å²) in [7, 11) is 3.47. The van der Waals surface area contributed by atoms with E-state index in [0.717, 1.165) is 28.7 Å². The van der Waals surface area contributed by atoms with E-state index in [2.05, 4.69) is 22.0 Å². The molecule has 1 saturated heterocycles. The molecule has 1 aliphatic rings. The number of carbonyl (C=O) groups is 1. The standard InChI is InChI=1S/C17H26BrN3O2/c1-12-9-13(2)14(15(18)10-12)11-16(22)20(3)17(19)5-7-21(23-4)8-6-17/h9-10H,5-8,11,19H2,1-4H3. The van der Waals surface area contributed by atoms with Crippen LogP contribution in [0.25, 0.3) is 0 Å². The maximum Gasteiger partial charge on any atom is 0.228 e. The average Bonchev–Trinajstić information content (AvgIpc) is 2.50. The molecule has 23 heavy (non-hydrogen) atoms. The number of amides is 1. The predicted molar refractivity (Wildman–Crippen MR) is 94.8 cm³/mol. The van der Waals surface area contributed by atoms with Crippen molar-refractivity contribution in [1.82, 2.24) is 9.96 Å². The molecule has 6 heteroatoms. The van der Waals surface area contributed by atoms with Crippen LogP contribution in [0.3, 0.4) is 0 Å². The lowest BCUT2D eigenvalue weighted by atomic mass is 9.95. The minimum atomic E-state index is -0.600. The van der Waals surface area contributed by atoms with Gasteiger partial charge >= 0.3 is 0 Å². The number of rotatable bonds is 4. The molecular weight excluding hydrogens is 358 g/mol. The van der Waals surface area contributed by atoms with Crippen molar-refractivity contribution in [1.29, 1.82) is 0 Å². The van der Waals surface area contributed by atoms with Gasteiger partial charge in [-0.1, -0.05) is 22.0 Å². The van der Waals surface area contributed by atoms with Gasteiger partial charge in [0.25, 0.3) is 0 Å². The summed E-state index contributed by atoms with van der Waals surface area (Å²) in [5.41, 5.74) is 9.22. The molecule has 1 aromatic rings. The first-order valence-corrected chi connectivity index (χ1v) is 8.66. The summed E-state index contributed by atoms with van der Waals surface area (Å²) in [4.78, 5) is 19.7. The molecule has 1 amide bonds. The number of hydroxylamine groups is 2. The van der Waals surface area contributed by atoms with Gasteiger partial charge in [0.2, 0.25) is 5.91 Å². The quantitative estimate of drug-likeness (QED) is 0.810. The summed E-state index contributed by atoms with van der Waals surface area (Å²) in [6, 6.07) is 4.15. The van der Waals surface area contributed by atoms with Crippen LogP contribution in [0.4, 0.5) is 0 Å². The van der Waals surface area contributed by atoms with Crippen molar-refractivity contribution in [2.24, 2.45) is 5.73 Å². The van der Waals surface area contributed by atoms with Crippen LogP contribution in [0.2, 0.25) is 0 Å². The summed E-state index contributed by atoms with van der Waals surface area (Å²) in [5.74, 6) is 0.0472. The van der Waals surface area contributed by atoms with Crippen LogP contribution in [0, 0.1) is 13.8 Å². The third kappa shape index (κ3) is 4.12. The minimum Gasteiger partial charge on any atom is -0.327 e. The Labute approximate surface area is 146 Å². The number of hydrogen-bond acceptors (Lipinski definition) is 4. The van der Waals surface area contributed by atoms with Gasteiger partial charge in [0.05, 0.1) is 19.2 Å². The normalized spacial score (nSPS) is 18.0. The molecule has 0 aliphatic carbocycles. The van der Waals surface area contributed by atoms with Gasteiger partial charge in [0.1, 0.15) is 0 Å². The zero-order chi connectivity index (χ0) is 17.2. The second-order valence-electron chi connectivity index (χ2n) is 6.39. The average molecular weight is 384 g/mol. The van der Waals surface area contributed by atoms with E-state index in [-0.39, 0.29) is 5.91 Å². The van der Waals surface area contributed by atoms with Crippen molar-refractivity contribution in [3.05, 3.63) is 33.3 Å². The molecule has 5 nitrogen and oxygen atoms in total. The molecule has 0 aromatic heterocycles. The maximum atomic E-state index is 12.7. The highest BCUT2D eigenvalue weighted by Gasteiger charge is 2.37. The summed E-state index contributed by atoms with van der Waals surface area (Å²) in [5, 5.41) is 1.88. The van der Waals surface area contributed by atoms with Crippen LogP contribution in [0.15, 0.2) is 16.6 Å². The molecule has 1 aliphatic heterocycles. The van der Waals surface area contributed by atoms with Gasteiger partial charge in [-0.2, -0.15) is 5.06 Å². The number of carbonyl (C=O) groups excluding carboxylic acids is 1. The van der Waals surface area contributed by atoms with Crippen LogP contribution in [-0.4, -0.2) is 48.8 Å². The third-order valence-electron chi connectivity index (χ3n) is 4.78. The molecule has 2 rings (SSSR count). The first-order valence-electron chi connectivity index (χ1n) is 7.87. The lowest BCUT2D eigenvalue weighted by Crippen LogP contribution is -2.61. The third-order valence-corrected chi connectivity index (χ3v) is 5.49. The molecule has 128 valence electrons. The van der Waals surface area contributed by atoms with E-state index in [1.165, 1.54) is 5.56 Å². The van der Waals surface area contributed by atoms with Crippen LogP contribution < -0.4 is 5.73 Å². The van der Waals surface area contributed by atoms with Crippen molar-refractivity contribution in [3.8, 4) is 0 Å². The summed E-state index contributed by atoms with van der Waals surface area (Å²) in [6.07, 6.45) is 1.77. The largest absolute Gasteiger partial charge is 0.327 e. The fourth-order valence-electron chi connectivity index (χ4n) is 3.08. The number of likely N-dealkylation sites (N-methyl/N-ethyl adjacent to an activating group) is 1. The Morgan fingerprint density at radius 3 is 2.52 bits per heavy atom. The summed E-state index contributed by atoms with van der Waals surface area (Å²) in [6.45, 7) is 5.55. The van der Waals surface area contributed by atoms with Gasteiger partial charge in [-0.05, 0) is 49.4 Å². The summed E-state index contributed by atoms with van der Waals surface area (Å²) < 4.78 is 0.983. The van der Waals surface area contributed by atoms with Crippen molar-refractivity contribution >= 4 is 21.8 Å². The second-order valence-corrected chi connectivity index (χ2v) is 7.24. The molecule has 1 heterocycles. The maximum absolute atomic E-state index is 12.7. The topological polar surface area (TPSA) is 58.8 Å². The van der Waals surface area contributed by atoms with Crippen LogP contribution >= 0.6 is 15.9 Å². The molecule has 0 radical (unpaired) electrons. The Hall–Kier alpha value is -0.950. The monoisotopic (exact) mass is 383 g/mol. The predicted octanol–water partition coefficient (Wildman–Crippen LogP) is 2.38. The Bertz CT molecular complexity index is 560. The van der Waals surface area contributed by atoms with E-state index in [9.17, 15) is 4.79 Å². The van der Waals surface area contributed by atoms with Gasteiger partial charge < -0.3 is 15.5 Å². The van der Waals surface area contributed by atoms with E-state index in [1.54, 1.807) is 12.0 Å². The van der Waals surface area contributed by atoms with E-state index < -0.39 is 5.66 Å². The second kappa shape index (κ2) is 7.30. The smallest absolute Gasteiger partial charge is 0.228 e. The van der Waals surface area contributed by atoms with Crippen molar-refractivity contribution in [3.63, 3.8) is 0 Å². The van der Waals surface area contributed by atoms with Gasteiger partial charge in [0.15, 0.2) is 0 Å². The van der Waals surface area contributed by atoms with Gasteiger partial charge in [-0.25, -0.2) is 0 Å². The Morgan fingerprint density at radius 2 is 2.00 bits per heavy atom. The number of piperidine rings is 1. The Kier molecular flexibility index (Phi) is 5.84. The number of nitrogens with zero attached hydrogens (tertiary/aromatic N) is 2. The first-order chi connectivity index (χ1) is 10.8.